The summed E-state index contributed by atoms with van der Waals surface area (Å²) in [5, 5.41) is 5.57. The first-order chi connectivity index (χ1) is 10.2. The summed E-state index contributed by atoms with van der Waals surface area (Å²) in [7, 11) is 0. The molecule has 2 aromatic heterocycles. The van der Waals surface area contributed by atoms with Gasteiger partial charge in [0.15, 0.2) is 5.69 Å². The Balaban J connectivity index is 2.39. The van der Waals surface area contributed by atoms with Crippen LogP contribution in [0.5, 0.6) is 0 Å². The first-order valence-electron chi connectivity index (χ1n) is 7.22. The SMILES string of the molecule is CCCNC(=O)c1nc(C(=O)NCCC)n2ccccc12. The summed E-state index contributed by atoms with van der Waals surface area (Å²) in [5.41, 5.74) is 0.915. The predicted octanol–water partition coefficient (Wildman–Crippen LogP) is 1.61. The first kappa shape index (κ1) is 15.0. The zero-order valence-electron chi connectivity index (χ0n) is 12.3. The summed E-state index contributed by atoms with van der Waals surface area (Å²) in [5.74, 6) is -0.289. The normalized spacial score (nSPS) is 10.6. The van der Waals surface area contributed by atoms with Crippen LogP contribution >= 0.6 is 0 Å². The Morgan fingerprint density at radius 3 is 2.43 bits per heavy atom. The number of hydrogen-bond acceptors (Lipinski definition) is 3. The molecule has 0 spiro atoms. The van der Waals surface area contributed by atoms with Gasteiger partial charge in [0, 0.05) is 19.3 Å². The van der Waals surface area contributed by atoms with Crippen LogP contribution in [0.2, 0.25) is 0 Å². The van der Waals surface area contributed by atoms with Crippen LogP contribution in [0.3, 0.4) is 0 Å². The molecular formula is C15H20N4O2. The third-order valence-electron chi connectivity index (χ3n) is 3.04. The van der Waals surface area contributed by atoms with Crippen LogP contribution in [0.4, 0.5) is 0 Å². The van der Waals surface area contributed by atoms with Gasteiger partial charge in [-0.25, -0.2) is 4.98 Å². The lowest BCUT2D eigenvalue weighted by molar-refractivity contribution is 0.0942. The molecule has 0 saturated carbocycles. The third kappa shape index (κ3) is 3.21. The van der Waals surface area contributed by atoms with Crippen molar-refractivity contribution >= 4 is 17.3 Å². The van der Waals surface area contributed by atoms with Crippen molar-refractivity contribution in [1.29, 1.82) is 0 Å². The van der Waals surface area contributed by atoms with Gasteiger partial charge < -0.3 is 10.6 Å². The lowest BCUT2D eigenvalue weighted by Crippen LogP contribution is -2.27. The number of pyridine rings is 1. The molecule has 0 unspecified atom stereocenters. The highest BCUT2D eigenvalue weighted by molar-refractivity contribution is 6.02. The number of rotatable bonds is 6. The number of aromatic nitrogens is 2. The van der Waals surface area contributed by atoms with E-state index in [4.69, 9.17) is 0 Å². The Morgan fingerprint density at radius 1 is 1.10 bits per heavy atom. The number of amides is 2. The van der Waals surface area contributed by atoms with E-state index in [1.807, 2.05) is 19.9 Å². The lowest BCUT2D eigenvalue weighted by Gasteiger charge is -2.02. The van der Waals surface area contributed by atoms with Crippen molar-refractivity contribution in [2.24, 2.45) is 0 Å². The molecule has 0 aliphatic carbocycles. The lowest BCUT2D eigenvalue weighted by atomic mass is 10.3. The van der Waals surface area contributed by atoms with Gasteiger partial charge >= 0.3 is 0 Å². The second kappa shape index (κ2) is 6.88. The van der Waals surface area contributed by atoms with E-state index in [0.717, 1.165) is 12.8 Å². The Bertz CT molecular complexity index is 594. The third-order valence-corrected chi connectivity index (χ3v) is 3.04. The van der Waals surface area contributed by atoms with Crippen LogP contribution in [0.15, 0.2) is 24.4 Å². The Hall–Kier alpha value is -2.37. The summed E-state index contributed by atoms with van der Waals surface area (Å²) >= 11 is 0. The second-order valence-corrected chi connectivity index (χ2v) is 4.75. The Morgan fingerprint density at radius 2 is 1.76 bits per heavy atom. The quantitative estimate of drug-likeness (QED) is 0.848. The fourth-order valence-corrected chi connectivity index (χ4v) is 2.00. The van der Waals surface area contributed by atoms with E-state index in [1.54, 1.807) is 22.7 Å². The summed E-state index contributed by atoms with van der Waals surface area (Å²) < 4.78 is 1.64. The smallest absolute Gasteiger partial charge is 0.287 e. The molecule has 2 amide bonds. The van der Waals surface area contributed by atoms with Crippen molar-refractivity contribution < 1.29 is 9.59 Å². The zero-order chi connectivity index (χ0) is 15.2. The molecular weight excluding hydrogens is 268 g/mol. The number of hydrogen-bond donors (Lipinski definition) is 2. The van der Waals surface area contributed by atoms with Crippen molar-refractivity contribution in [2.75, 3.05) is 13.1 Å². The molecule has 2 rings (SSSR count). The minimum atomic E-state index is -0.271. The first-order valence-corrected chi connectivity index (χ1v) is 7.22. The van der Waals surface area contributed by atoms with E-state index in [2.05, 4.69) is 15.6 Å². The van der Waals surface area contributed by atoms with Gasteiger partial charge in [0.2, 0.25) is 5.82 Å². The van der Waals surface area contributed by atoms with E-state index in [1.165, 1.54) is 0 Å². The number of imidazole rings is 1. The van der Waals surface area contributed by atoms with Crippen LogP contribution in [-0.4, -0.2) is 34.3 Å². The van der Waals surface area contributed by atoms with E-state index in [0.29, 0.717) is 18.6 Å². The fraction of sp³-hybridized carbons (Fsp3) is 0.400. The molecule has 0 bridgehead atoms. The Labute approximate surface area is 123 Å². The molecule has 0 saturated heterocycles. The minimum absolute atomic E-state index is 0.237. The van der Waals surface area contributed by atoms with Gasteiger partial charge in [0.1, 0.15) is 0 Å². The van der Waals surface area contributed by atoms with E-state index < -0.39 is 0 Å². The molecule has 21 heavy (non-hydrogen) atoms. The molecule has 0 aliphatic heterocycles. The van der Waals surface area contributed by atoms with Gasteiger partial charge in [0.25, 0.3) is 11.8 Å². The molecule has 112 valence electrons. The highest BCUT2D eigenvalue weighted by Gasteiger charge is 2.20. The van der Waals surface area contributed by atoms with Gasteiger partial charge in [-0.15, -0.1) is 0 Å². The maximum atomic E-state index is 12.1. The van der Waals surface area contributed by atoms with Gasteiger partial charge in [0.05, 0.1) is 5.52 Å². The highest BCUT2D eigenvalue weighted by Crippen LogP contribution is 2.13. The highest BCUT2D eigenvalue weighted by atomic mass is 16.2. The van der Waals surface area contributed by atoms with Crippen molar-refractivity contribution in [3.8, 4) is 0 Å². The van der Waals surface area contributed by atoms with Crippen molar-refractivity contribution in [3.05, 3.63) is 35.9 Å². The molecule has 2 N–H and O–H groups in total. The fourth-order valence-electron chi connectivity index (χ4n) is 2.00. The maximum absolute atomic E-state index is 12.1. The molecule has 6 nitrogen and oxygen atoms in total. The molecule has 0 aromatic carbocycles. The molecule has 0 atom stereocenters. The van der Waals surface area contributed by atoms with Crippen LogP contribution in [-0.2, 0) is 0 Å². The second-order valence-electron chi connectivity index (χ2n) is 4.75. The number of nitrogens with zero attached hydrogens (tertiary/aromatic N) is 2. The number of fused-ring (bicyclic) bond motifs is 1. The number of carbonyl (C=O) groups is 2. The van der Waals surface area contributed by atoms with Crippen molar-refractivity contribution in [2.45, 2.75) is 26.7 Å². The van der Waals surface area contributed by atoms with E-state index in [9.17, 15) is 9.59 Å². The molecule has 0 radical (unpaired) electrons. The van der Waals surface area contributed by atoms with Crippen molar-refractivity contribution in [1.82, 2.24) is 20.0 Å². The van der Waals surface area contributed by atoms with Crippen molar-refractivity contribution in [3.63, 3.8) is 0 Å². The van der Waals surface area contributed by atoms with Crippen LogP contribution < -0.4 is 10.6 Å². The van der Waals surface area contributed by atoms with Gasteiger partial charge in [-0.1, -0.05) is 19.9 Å². The number of nitrogens with one attached hydrogen (secondary N) is 2. The average Bonchev–Trinajstić information content (AvgIpc) is 2.90. The topological polar surface area (TPSA) is 75.5 Å². The van der Waals surface area contributed by atoms with E-state index >= 15 is 0 Å². The summed E-state index contributed by atoms with van der Waals surface area (Å²) in [6, 6.07) is 5.41. The minimum Gasteiger partial charge on any atom is -0.351 e. The molecule has 0 fully saturated rings. The van der Waals surface area contributed by atoms with E-state index in [-0.39, 0.29) is 23.3 Å². The standard InChI is InChI=1S/C15H20N4O2/c1-3-8-16-14(20)12-11-7-5-6-10-19(11)13(18-12)15(21)17-9-4-2/h5-7,10H,3-4,8-9H2,1-2H3,(H,16,20)(H,17,21). The van der Waals surface area contributed by atoms with Gasteiger partial charge in [-0.3, -0.25) is 14.0 Å². The largest absolute Gasteiger partial charge is 0.351 e. The van der Waals surface area contributed by atoms with Crippen LogP contribution in [0.1, 0.15) is 47.8 Å². The number of carbonyl (C=O) groups excluding carboxylic acids is 2. The van der Waals surface area contributed by atoms with Crippen LogP contribution in [0, 0.1) is 0 Å². The van der Waals surface area contributed by atoms with Gasteiger partial charge in [-0.05, 0) is 25.0 Å². The predicted molar refractivity (Wildman–Crippen MR) is 80.4 cm³/mol. The van der Waals surface area contributed by atoms with Crippen LogP contribution in [0.25, 0.3) is 5.52 Å². The molecule has 0 aliphatic rings. The summed E-state index contributed by atoms with van der Waals surface area (Å²) in [6.45, 7) is 5.13. The summed E-state index contributed by atoms with van der Waals surface area (Å²) in [4.78, 5) is 28.5. The zero-order valence-corrected chi connectivity index (χ0v) is 12.3. The molecule has 2 aromatic rings. The molecule has 6 heteroatoms. The monoisotopic (exact) mass is 288 g/mol. The molecule has 2 heterocycles. The van der Waals surface area contributed by atoms with Gasteiger partial charge in [-0.2, -0.15) is 0 Å². The maximum Gasteiger partial charge on any atom is 0.287 e. The Kier molecular flexibility index (Phi) is 4.92. The average molecular weight is 288 g/mol. The summed E-state index contributed by atoms with van der Waals surface area (Å²) in [6.07, 6.45) is 3.43.